The van der Waals surface area contributed by atoms with Crippen molar-refractivity contribution in [2.45, 2.75) is 20.3 Å². The van der Waals surface area contributed by atoms with E-state index in [9.17, 15) is 9.59 Å². The fourth-order valence-electron chi connectivity index (χ4n) is 3.56. The zero-order chi connectivity index (χ0) is 19.2. The van der Waals surface area contributed by atoms with Gasteiger partial charge >= 0.3 is 0 Å². The summed E-state index contributed by atoms with van der Waals surface area (Å²) in [5, 5.41) is 5.65. The molecule has 142 valence electrons. The van der Waals surface area contributed by atoms with Crippen molar-refractivity contribution in [3.8, 4) is 0 Å². The largest absolute Gasteiger partial charge is 0.371 e. The third kappa shape index (κ3) is 5.33. The Hall–Kier alpha value is -2.82. The lowest BCUT2D eigenvalue weighted by molar-refractivity contribution is -0.120. The lowest BCUT2D eigenvalue weighted by Crippen LogP contribution is -2.39. The van der Waals surface area contributed by atoms with E-state index in [1.54, 1.807) is 0 Å². The normalized spacial score (nSPS) is 16.2. The number of anilines is 1. The number of aryl methyl sites for hydroxylation is 2. The fourth-order valence-corrected chi connectivity index (χ4v) is 3.56. The lowest BCUT2D eigenvalue weighted by Gasteiger charge is -2.18. The first kappa shape index (κ1) is 19.0. The summed E-state index contributed by atoms with van der Waals surface area (Å²) >= 11 is 0. The van der Waals surface area contributed by atoms with Crippen LogP contribution in [-0.2, 0) is 4.79 Å². The van der Waals surface area contributed by atoms with Gasteiger partial charge in [-0.25, -0.2) is 0 Å². The predicted octanol–water partition coefficient (Wildman–Crippen LogP) is 2.68. The van der Waals surface area contributed by atoms with Crippen LogP contribution in [-0.4, -0.2) is 38.0 Å². The van der Waals surface area contributed by atoms with Crippen molar-refractivity contribution in [3.05, 3.63) is 65.2 Å². The van der Waals surface area contributed by atoms with Gasteiger partial charge in [-0.15, -0.1) is 0 Å². The lowest BCUT2D eigenvalue weighted by atomic mass is 10.1. The van der Waals surface area contributed by atoms with Gasteiger partial charge in [-0.3, -0.25) is 9.59 Å². The van der Waals surface area contributed by atoms with Gasteiger partial charge < -0.3 is 15.5 Å². The van der Waals surface area contributed by atoms with Crippen LogP contribution in [0, 0.1) is 19.8 Å². The molecule has 2 aromatic rings. The third-order valence-corrected chi connectivity index (χ3v) is 4.89. The Balaban J connectivity index is 1.40. The van der Waals surface area contributed by atoms with E-state index in [0.29, 0.717) is 18.0 Å². The molecular formula is C22H27N3O2. The van der Waals surface area contributed by atoms with Crippen molar-refractivity contribution >= 4 is 17.5 Å². The SMILES string of the molecule is Cc1cc(C)cc(C(=O)NCC(=O)NCC2CCN(c3ccccc3)C2)c1. The second-order valence-electron chi connectivity index (χ2n) is 7.30. The molecule has 0 spiro atoms. The minimum atomic E-state index is -0.215. The Morgan fingerprint density at radius 2 is 1.74 bits per heavy atom. The number of carbonyl (C=O) groups excluding carboxylic acids is 2. The molecule has 5 heteroatoms. The average Bonchev–Trinajstić information content (AvgIpc) is 3.13. The Bertz CT molecular complexity index is 784. The standard InChI is InChI=1S/C22H27N3O2/c1-16-10-17(2)12-19(11-16)22(27)24-14-21(26)23-13-18-8-9-25(15-18)20-6-4-3-5-7-20/h3-7,10-12,18H,8-9,13-15H2,1-2H3,(H,23,26)(H,24,27). The van der Waals surface area contributed by atoms with Gasteiger partial charge in [-0.1, -0.05) is 35.4 Å². The maximum absolute atomic E-state index is 12.2. The molecule has 0 saturated carbocycles. The van der Waals surface area contributed by atoms with E-state index < -0.39 is 0 Å². The van der Waals surface area contributed by atoms with Gasteiger partial charge in [0.1, 0.15) is 0 Å². The van der Waals surface area contributed by atoms with Crippen LogP contribution in [0.2, 0.25) is 0 Å². The highest BCUT2D eigenvalue weighted by Gasteiger charge is 2.23. The minimum Gasteiger partial charge on any atom is -0.371 e. The molecule has 0 bridgehead atoms. The first-order valence-electron chi connectivity index (χ1n) is 9.44. The van der Waals surface area contributed by atoms with Gasteiger partial charge in [0.2, 0.25) is 5.91 Å². The van der Waals surface area contributed by atoms with Crippen molar-refractivity contribution in [1.29, 1.82) is 0 Å². The summed E-state index contributed by atoms with van der Waals surface area (Å²) < 4.78 is 0. The number of benzene rings is 2. The molecule has 5 nitrogen and oxygen atoms in total. The molecule has 2 aromatic carbocycles. The molecule has 2 N–H and O–H groups in total. The van der Waals surface area contributed by atoms with Crippen molar-refractivity contribution in [2.75, 3.05) is 31.1 Å². The molecule has 27 heavy (non-hydrogen) atoms. The van der Waals surface area contributed by atoms with E-state index in [-0.39, 0.29) is 18.4 Å². The van der Waals surface area contributed by atoms with Gasteiger partial charge in [0.15, 0.2) is 0 Å². The first-order valence-corrected chi connectivity index (χ1v) is 9.44. The number of hydrogen-bond acceptors (Lipinski definition) is 3. The maximum atomic E-state index is 12.2. The molecule has 2 amide bonds. The van der Waals surface area contributed by atoms with Crippen LogP contribution in [0.4, 0.5) is 5.69 Å². The van der Waals surface area contributed by atoms with Crippen molar-refractivity contribution in [1.82, 2.24) is 10.6 Å². The molecule has 0 radical (unpaired) electrons. The Morgan fingerprint density at radius 3 is 2.44 bits per heavy atom. The number of nitrogens with one attached hydrogen (secondary N) is 2. The zero-order valence-electron chi connectivity index (χ0n) is 16.0. The van der Waals surface area contributed by atoms with E-state index in [1.165, 1.54) is 5.69 Å². The molecule has 1 fully saturated rings. The van der Waals surface area contributed by atoms with Crippen LogP contribution < -0.4 is 15.5 Å². The van der Waals surface area contributed by atoms with E-state index in [1.807, 2.05) is 50.2 Å². The van der Waals surface area contributed by atoms with Crippen LogP contribution >= 0.6 is 0 Å². The number of nitrogens with zero attached hydrogens (tertiary/aromatic N) is 1. The summed E-state index contributed by atoms with van der Waals surface area (Å²) in [6, 6.07) is 16.0. The second kappa shape index (κ2) is 8.71. The van der Waals surface area contributed by atoms with Gasteiger partial charge in [-0.2, -0.15) is 0 Å². The zero-order valence-corrected chi connectivity index (χ0v) is 16.0. The second-order valence-corrected chi connectivity index (χ2v) is 7.30. The molecule has 1 aliphatic heterocycles. The minimum absolute atomic E-state index is 0.000935. The van der Waals surface area contributed by atoms with E-state index in [2.05, 4.69) is 27.7 Å². The summed E-state index contributed by atoms with van der Waals surface area (Å²) in [7, 11) is 0. The summed E-state index contributed by atoms with van der Waals surface area (Å²) in [5.74, 6) is 0.0724. The van der Waals surface area contributed by atoms with Crippen LogP contribution in [0.5, 0.6) is 0 Å². The van der Waals surface area contributed by atoms with E-state index in [4.69, 9.17) is 0 Å². The smallest absolute Gasteiger partial charge is 0.251 e. The number of carbonyl (C=O) groups is 2. The molecule has 0 aliphatic carbocycles. The third-order valence-electron chi connectivity index (χ3n) is 4.89. The van der Waals surface area contributed by atoms with Crippen molar-refractivity contribution in [3.63, 3.8) is 0 Å². The Labute approximate surface area is 160 Å². The van der Waals surface area contributed by atoms with Crippen LogP contribution in [0.25, 0.3) is 0 Å². The predicted molar refractivity (Wildman–Crippen MR) is 108 cm³/mol. The fraction of sp³-hybridized carbons (Fsp3) is 0.364. The Morgan fingerprint density at radius 1 is 1.04 bits per heavy atom. The van der Waals surface area contributed by atoms with Gasteiger partial charge in [-0.05, 0) is 50.5 Å². The summed E-state index contributed by atoms with van der Waals surface area (Å²) in [6.07, 6.45) is 1.06. The van der Waals surface area contributed by atoms with Crippen molar-refractivity contribution in [2.24, 2.45) is 5.92 Å². The van der Waals surface area contributed by atoms with E-state index in [0.717, 1.165) is 30.6 Å². The van der Waals surface area contributed by atoms with Crippen molar-refractivity contribution < 1.29 is 9.59 Å². The summed E-state index contributed by atoms with van der Waals surface area (Å²) in [5.41, 5.74) is 3.89. The first-order chi connectivity index (χ1) is 13.0. The molecule has 0 aromatic heterocycles. The number of amides is 2. The number of para-hydroxylation sites is 1. The van der Waals surface area contributed by atoms with Crippen LogP contribution in [0.15, 0.2) is 48.5 Å². The molecular weight excluding hydrogens is 338 g/mol. The van der Waals surface area contributed by atoms with Crippen LogP contribution in [0.1, 0.15) is 27.9 Å². The number of rotatable bonds is 6. The molecule has 1 heterocycles. The highest BCUT2D eigenvalue weighted by atomic mass is 16.2. The van der Waals surface area contributed by atoms with Gasteiger partial charge in [0.05, 0.1) is 6.54 Å². The highest BCUT2D eigenvalue weighted by Crippen LogP contribution is 2.22. The summed E-state index contributed by atoms with van der Waals surface area (Å²) in [4.78, 5) is 26.6. The monoisotopic (exact) mass is 365 g/mol. The van der Waals surface area contributed by atoms with E-state index >= 15 is 0 Å². The Kier molecular flexibility index (Phi) is 6.12. The quantitative estimate of drug-likeness (QED) is 0.827. The van der Waals surface area contributed by atoms with Gasteiger partial charge in [0.25, 0.3) is 5.91 Å². The summed E-state index contributed by atoms with van der Waals surface area (Å²) in [6.45, 7) is 6.50. The highest BCUT2D eigenvalue weighted by molar-refractivity contribution is 5.96. The average molecular weight is 365 g/mol. The molecule has 1 unspecified atom stereocenters. The van der Waals surface area contributed by atoms with Crippen LogP contribution in [0.3, 0.4) is 0 Å². The topological polar surface area (TPSA) is 61.4 Å². The molecule has 3 rings (SSSR count). The number of hydrogen-bond donors (Lipinski definition) is 2. The maximum Gasteiger partial charge on any atom is 0.251 e. The molecule has 1 saturated heterocycles. The van der Waals surface area contributed by atoms with Gasteiger partial charge in [0, 0.05) is 30.9 Å². The molecule has 1 atom stereocenters. The molecule has 1 aliphatic rings.